The number of primary amides is 1. The predicted octanol–water partition coefficient (Wildman–Crippen LogP) is 6.70. The molecular weight excluding hydrogens is 1050 g/mol. The number of ether oxygens (including phenoxy) is 2. The molecule has 7 N–H and O–H groups in total. The first kappa shape index (κ1) is 61.0. The van der Waals surface area contributed by atoms with E-state index in [1.165, 1.54) is 44.5 Å². The van der Waals surface area contributed by atoms with Crippen molar-refractivity contribution >= 4 is 29.8 Å². The second-order valence-electron chi connectivity index (χ2n) is 20.7. The van der Waals surface area contributed by atoms with Crippen LogP contribution in [-0.4, -0.2) is 138 Å². The molecule has 2 aromatic carbocycles. The number of benzene rings is 2. The van der Waals surface area contributed by atoms with E-state index in [4.69, 9.17) is 10.7 Å². The van der Waals surface area contributed by atoms with Gasteiger partial charge < -0.3 is 46.5 Å². The Balaban J connectivity index is 0.000000546. The smallest absolute Gasteiger partial charge is 0.407 e. The van der Waals surface area contributed by atoms with Crippen LogP contribution in [0.15, 0.2) is 73.2 Å². The van der Waals surface area contributed by atoms with E-state index in [9.17, 15) is 50.6 Å². The largest absolute Gasteiger partial charge is 0.453 e. The van der Waals surface area contributed by atoms with E-state index in [0.717, 1.165) is 84.6 Å². The van der Waals surface area contributed by atoms with Gasteiger partial charge in [-0.3, -0.25) is 14.5 Å². The normalized spacial score (nSPS) is 18.2. The van der Waals surface area contributed by atoms with Gasteiger partial charge >= 0.3 is 24.5 Å². The first-order valence-corrected chi connectivity index (χ1v) is 25.3. The number of aliphatic hydroxyl groups excluding tert-OH is 1. The maximum absolute atomic E-state index is 15.1. The number of amides is 4. The third-order valence-corrected chi connectivity index (χ3v) is 14.6. The molecule has 4 heterocycles. The van der Waals surface area contributed by atoms with E-state index >= 15 is 8.78 Å². The van der Waals surface area contributed by atoms with Crippen LogP contribution in [0, 0.1) is 34.3 Å². The van der Waals surface area contributed by atoms with E-state index in [1.54, 1.807) is 41.8 Å². The van der Waals surface area contributed by atoms with Crippen molar-refractivity contribution in [1.29, 1.82) is 0 Å². The molecule has 2 aromatic heterocycles. The van der Waals surface area contributed by atoms with E-state index in [1.807, 2.05) is 17.4 Å². The van der Waals surface area contributed by atoms with Crippen LogP contribution in [0.25, 0.3) is 11.4 Å². The number of carbonyl (C=O) groups is 4. The number of aromatic nitrogens is 3. The van der Waals surface area contributed by atoms with Crippen molar-refractivity contribution in [1.82, 2.24) is 41.1 Å². The van der Waals surface area contributed by atoms with Crippen LogP contribution in [0.4, 0.5) is 50.5 Å². The third kappa shape index (κ3) is 15.1. The van der Waals surface area contributed by atoms with E-state index < -0.39 is 83.0 Å². The Labute approximate surface area is 451 Å². The number of piperazine rings is 1. The van der Waals surface area contributed by atoms with Crippen LogP contribution in [-0.2, 0) is 32.0 Å². The van der Waals surface area contributed by atoms with Gasteiger partial charge in [0, 0.05) is 85.1 Å². The zero-order chi connectivity index (χ0) is 58.0. The quantitative estimate of drug-likeness (QED) is 0.0479. The minimum atomic E-state index is -4.94. The molecule has 2 bridgehead atoms. The van der Waals surface area contributed by atoms with Gasteiger partial charge in [0.2, 0.25) is 11.8 Å². The summed E-state index contributed by atoms with van der Waals surface area (Å²) in [6, 6.07) is 11.1. The lowest BCUT2D eigenvalue weighted by Crippen LogP contribution is -2.62. The Morgan fingerprint density at radius 2 is 1.28 bits per heavy atom. The van der Waals surface area contributed by atoms with Crippen molar-refractivity contribution < 1.29 is 68.9 Å². The van der Waals surface area contributed by atoms with E-state index in [2.05, 4.69) is 51.7 Å². The molecule has 2 saturated heterocycles. The Morgan fingerprint density at radius 1 is 0.747 bits per heavy atom. The van der Waals surface area contributed by atoms with Gasteiger partial charge in [-0.25, -0.2) is 33.3 Å². The second-order valence-corrected chi connectivity index (χ2v) is 20.7. The summed E-state index contributed by atoms with van der Waals surface area (Å²) in [5, 5.41) is 20.4. The molecule has 3 aliphatic rings. The number of nitrogens with one attached hydrogen (secondary N) is 4. The molecule has 0 spiro atoms. The number of anilines is 1. The minimum Gasteiger partial charge on any atom is -0.453 e. The molecule has 2 unspecified atom stereocenters. The molecule has 79 heavy (non-hydrogen) atoms. The maximum Gasteiger partial charge on any atom is 0.407 e. The number of hydrogen-bond acceptors (Lipinski definition) is 13. The number of nitrogens with zero attached hydrogens (tertiary/aromatic N) is 5. The number of halogens is 8. The van der Waals surface area contributed by atoms with Gasteiger partial charge in [0.1, 0.15) is 29.5 Å². The fraction of sp³-hybridized carbons (Fsp3) is 0.500. The van der Waals surface area contributed by atoms with Gasteiger partial charge in [-0.2, -0.15) is 26.3 Å². The molecule has 4 aromatic rings. The zero-order valence-corrected chi connectivity index (χ0v) is 44.3. The second kappa shape index (κ2) is 25.7. The summed E-state index contributed by atoms with van der Waals surface area (Å²) < 4.78 is 119. The van der Waals surface area contributed by atoms with Gasteiger partial charge in [-0.1, -0.05) is 30.4 Å². The van der Waals surface area contributed by atoms with Gasteiger partial charge in [0.15, 0.2) is 5.82 Å². The number of methoxy groups -OCH3 is 2. The van der Waals surface area contributed by atoms with E-state index in [-0.39, 0.29) is 36.5 Å². The summed E-state index contributed by atoms with van der Waals surface area (Å²) in [5.41, 5.74) is 1.29. The highest BCUT2D eigenvalue weighted by molar-refractivity contribution is 5.87. The Morgan fingerprint density at radius 3 is 1.77 bits per heavy atom. The molecule has 1 aliphatic carbocycles. The highest BCUT2D eigenvalue weighted by Gasteiger charge is 2.57. The number of aliphatic hydroxyl groups is 1. The van der Waals surface area contributed by atoms with Crippen molar-refractivity contribution in [2.45, 2.75) is 127 Å². The molecule has 1 saturated carbocycles. The minimum absolute atomic E-state index is 0.0871. The van der Waals surface area contributed by atoms with Crippen molar-refractivity contribution in [2.75, 3.05) is 38.8 Å². The van der Waals surface area contributed by atoms with Gasteiger partial charge in [0.05, 0.1) is 37.2 Å². The van der Waals surface area contributed by atoms with Crippen LogP contribution in [0.1, 0.15) is 82.1 Å². The number of fused-ring (bicyclic) bond motifs is 2. The molecule has 3 fully saturated rings. The van der Waals surface area contributed by atoms with Crippen LogP contribution in [0.2, 0.25) is 0 Å². The first-order valence-electron chi connectivity index (χ1n) is 25.3. The fourth-order valence-corrected chi connectivity index (χ4v) is 9.42. The number of rotatable bonds is 17. The molecule has 4 amide bonds. The molecule has 6 atom stereocenters. The number of pyridine rings is 1. The Hall–Kier alpha value is -7.17. The van der Waals surface area contributed by atoms with Gasteiger partial charge in [-0.05, 0) is 108 Å². The van der Waals surface area contributed by atoms with Crippen molar-refractivity contribution in [3.63, 3.8) is 0 Å². The lowest BCUT2D eigenvalue weighted by molar-refractivity contribution is -0.220. The first-order chi connectivity index (χ1) is 37.1. The number of carbonyl (C=O) groups excluding carboxylic acids is 4. The summed E-state index contributed by atoms with van der Waals surface area (Å²) >= 11 is 0. The lowest BCUT2D eigenvalue weighted by atomic mass is 9.82. The molecule has 2 aliphatic heterocycles. The molecule has 7 rings (SSSR count). The van der Waals surface area contributed by atoms with Crippen molar-refractivity contribution in [3.05, 3.63) is 107 Å². The summed E-state index contributed by atoms with van der Waals surface area (Å²) in [6.07, 6.45) is -2.60. The highest BCUT2D eigenvalue weighted by atomic mass is 19.4. The van der Waals surface area contributed by atoms with Crippen LogP contribution in [0.5, 0.6) is 0 Å². The Kier molecular flexibility index (Phi) is 19.9. The van der Waals surface area contributed by atoms with Crippen molar-refractivity contribution in [2.24, 2.45) is 16.6 Å². The van der Waals surface area contributed by atoms with Crippen LogP contribution < -0.4 is 31.9 Å². The number of alkyl halides is 6. The molecule has 17 nitrogen and oxygen atoms in total. The molecule has 25 heteroatoms. The van der Waals surface area contributed by atoms with Gasteiger partial charge in [-0.15, -0.1) is 0 Å². The van der Waals surface area contributed by atoms with Gasteiger partial charge in [0.25, 0.3) is 0 Å². The topological polar surface area (TPSA) is 226 Å². The maximum atomic E-state index is 15.1. The molecule has 428 valence electrons. The van der Waals surface area contributed by atoms with E-state index in [0.29, 0.717) is 23.2 Å². The summed E-state index contributed by atoms with van der Waals surface area (Å²) in [5.74, 6) is 3.00. The third-order valence-electron chi connectivity index (χ3n) is 14.6. The molecule has 0 radical (unpaired) electrons. The lowest BCUT2D eigenvalue weighted by Gasteiger charge is -2.48. The Bertz CT molecular complexity index is 2770. The highest BCUT2D eigenvalue weighted by Crippen LogP contribution is 2.42. The standard InChI is InChI=1S/C46H51F5N8O4.C8H13F3N2O3/c1-45(2,46(49,50)51)41(57-44(62)63-3)43(61)56-38(39(60)25-52-24-35-36(47)21-31(22-37(35)48)42-53-18-5-19-54-42)20-29-11-8-28(9-12-29)10-13-30-14-17-40(55-23-30)58-26-33-15-16-34(27-58)59(33)32-6-4-7-32;1-7(2,8(9,10)11)4(5(12)14)13-6(15)16-3/h5,8-9,11-12,14,17-19,21-23,32-34,38-39,41,52,60H,4,6-7,15-16,20,24-27H2,1-3H3,(H,56,61)(H,57,62);4H,1-3H3,(H2,12,14)(H,13,15)/t33?,34?,38-,39-,41+;4-/m01/s1. The summed E-state index contributed by atoms with van der Waals surface area (Å²) in [4.78, 5) is 65.4. The van der Waals surface area contributed by atoms with Crippen molar-refractivity contribution in [3.8, 4) is 23.2 Å². The monoisotopic (exact) mass is 1120 g/mol. The average Bonchev–Trinajstić information content (AvgIpc) is 3.73. The SMILES string of the molecule is COC(=O)N[C@H](C(=O)N[C@@H](Cc1ccc(C#Cc2ccc(N3CC4CCC(C3)N4C3CCC3)nc2)cc1)[C@@H](O)CNCc1c(F)cc(-c2ncccn2)cc1F)C(C)(C)C(F)(F)F.COC(=O)N[C@H](C(N)=O)C(C)(C)C(F)(F)F. The fourth-order valence-electron chi connectivity index (χ4n) is 9.42. The predicted molar refractivity (Wildman–Crippen MR) is 273 cm³/mol. The number of alkyl carbamates (subject to hydrolysis) is 2. The number of nitrogens with two attached hydrogens (primary N) is 1. The number of hydrogen-bond donors (Lipinski definition) is 6. The van der Waals surface area contributed by atoms with Crippen LogP contribution >= 0.6 is 0 Å². The summed E-state index contributed by atoms with van der Waals surface area (Å²) in [6.45, 7) is 4.25. The van der Waals surface area contributed by atoms with Crippen LogP contribution in [0.3, 0.4) is 0 Å². The zero-order valence-electron chi connectivity index (χ0n) is 44.3. The average molecular weight is 1120 g/mol. The molecular formula is C54H64F8N10O7. The summed E-state index contributed by atoms with van der Waals surface area (Å²) in [7, 11) is 1.91.